The fraction of sp³-hybridized carbons (Fsp3) is 0.448. The van der Waals surface area contributed by atoms with E-state index in [4.69, 9.17) is 26.5 Å². The van der Waals surface area contributed by atoms with Crippen LogP contribution in [0.25, 0.3) is 0 Å². The Balaban J connectivity index is 1.38. The smallest absolute Gasteiger partial charge is 0.250 e. The molecular formula is C29H37ClN3O4+. The average molecular weight is 527 g/mol. The molecule has 198 valence electrons. The lowest BCUT2D eigenvalue weighted by Crippen LogP contribution is -2.40. The van der Waals surface area contributed by atoms with Crippen molar-refractivity contribution in [2.45, 2.75) is 50.7 Å². The second-order valence-electron chi connectivity index (χ2n) is 10.6. The number of halogens is 1. The van der Waals surface area contributed by atoms with Crippen LogP contribution in [0.15, 0.2) is 59.1 Å². The minimum absolute atomic E-state index is 0.0836. The number of rotatable bonds is 11. The second kappa shape index (κ2) is 11.7. The van der Waals surface area contributed by atoms with Crippen molar-refractivity contribution in [1.29, 1.82) is 0 Å². The van der Waals surface area contributed by atoms with Crippen LogP contribution in [-0.4, -0.2) is 47.7 Å². The van der Waals surface area contributed by atoms with E-state index in [0.29, 0.717) is 29.3 Å². The monoisotopic (exact) mass is 526 g/mol. The Kier molecular flexibility index (Phi) is 8.57. The lowest BCUT2D eigenvalue weighted by atomic mass is 9.73. The molecule has 0 radical (unpaired) electrons. The Morgan fingerprint density at radius 2 is 1.92 bits per heavy atom. The molecule has 1 heterocycles. The van der Waals surface area contributed by atoms with Crippen LogP contribution < -0.4 is 10.5 Å². The maximum absolute atomic E-state index is 12.0. The van der Waals surface area contributed by atoms with E-state index in [1.807, 2.05) is 30.3 Å². The van der Waals surface area contributed by atoms with E-state index in [0.717, 1.165) is 50.0 Å². The molecule has 2 aromatic carbocycles. The number of primary amides is 1. The van der Waals surface area contributed by atoms with E-state index in [9.17, 15) is 9.90 Å². The molecule has 3 N–H and O–H groups in total. The number of carbonyl (C=O) groups excluding carboxylic acids is 1. The number of oxazole rings is 1. The van der Waals surface area contributed by atoms with Gasteiger partial charge in [-0.05, 0) is 36.6 Å². The predicted molar refractivity (Wildman–Crippen MR) is 143 cm³/mol. The third-order valence-electron chi connectivity index (χ3n) is 7.26. The molecule has 1 saturated carbocycles. The minimum atomic E-state index is -1.23. The topological polar surface area (TPSA) is 98.6 Å². The van der Waals surface area contributed by atoms with Gasteiger partial charge in [-0.1, -0.05) is 61.2 Å². The van der Waals surface area contributed by atoms with Crippen LogP contribution in [0.2, 0.25) is 5.02 Å². The molecule has 37 heavy (non-hydrogen) atoms. The van der Waals surface area contributed by atoms with Crippen LogP contribution in [0.4, 0.5) is 0 Å². The van der Waals surface area contributed by atoms with Crippen molar-refractivity contribution in [2.75, 3.05) is 27.2 Å². The van der Waals surface area contributed by atoms with Crippen molar-refractivity contribution >= 4 is 17.5 Å². The van der Waals surface area contributed by atoms with Crippen molar-refractivity contribution in [3.8, 4) is 5.75 Å². The van der Waals surface area contributed by atoms with Crippen LogP contribution in [0.3, 0.4) is 0 Å². The Bertz CT molecular complexity index is 1190. The summed E-state index contributed by atoms with van der Waals surface area (Å²) in [5, 5.41) is 12.3. The van der Waals surface area contributed by atoms with Gasteiger partial charge < -0.3 is 24.5 Å². The molecule has 3 aromatic rings. The Morgan fingerprint density at radius 1 is 1.19 bits per heavy atom. The summed E-state index contributed by atoms with van der Waals surface area (Å²) >= 11 is 6.10. The van der Waals surface area contributed by atoms with Crippen LogP contribution in [-0.2, 0) is 12.1 Å². The molecule has 0 unspecified atom stereocenters. The van der Waals surface area contributed by atoms with Crippen molar-refractivity contribution in [2.24, 2.45) is 11.7 Å². The number of aromatic nitrogens is 1. The Labute approximate surface area is 223 Å². The third-order valence-corrected chi connectivity index (χ3v) is 7.57. The number of aliphatic hydroxyl groups is 1. The SMILES string of the molecule is C[N+](C)(CCCOc1ccc(C(N)=O)c(Cl)c1)Cc1cnc([C@](O)(c2ccccc2)C2CCCCC2)o1. The summed E-state index contributed by atoms with van der Waals surface area (Å²) in [6, 6.07) is 14.7. The van der Waals surface area contributed by atoms with E-state index >= 15 is 0 Å². The van der Waals surface area contributed by atoms with Gasteiger partial charge in [-0.3, -0.25) is 4.79 Å². The number of hydrogen-bond acceptors (Lipinski definition) is 5. The van der Waals surface area contributed by atoms with Gasteiger partial charge in [0.25, 0.3) is 0 Å². The zero-order valence-electron chi connectivity index (χ0n) is 21.7. The molecule has 1 fully saturated rings. The highest BCUT2D eigenvalue weighted by Crippen LogP contribution is 2.43. The van der Waals surface area contributed by atoms with E-state index in [2.05, 4.69) is 19.1 Å². The number of hydrogen-bond donors (Lipinski definition) is 2. The van der Waals surface area contributed by atoms with Gasteiger partial charge in [0.05, 0.1) is 44.0 Å². The number of amides is 1. The van der Waals surface area contributed by atoms with E-state index in [-0.39, 0.29) is 16.5 Å². The van der Waals surface area contributed by atoms with E-state index < -0.39 is 11.5 Å². The molecule has 1 atom stereocenters. The lowest BCUT2D eigenvalue weighted by molar-refractivity contribution is -0.904. The largest absolute Gasteiger partial charge is 0.493 e. The minimum Gasteiger partial charge on any atom is -0.493 e. The maximum atomic E-state index is 12.0. The molecule has 7 nitrogen and oxygen atoms in total. The first kappa shape index (κ1) is 27.2. The molecule has 1 aliphatic rings. The van der Waals surface area contributed by atoms with Crippen molar-refractivity contribution in [1.82, 2.24) is 4.98 Å². The summed E-state index contributed by atoms with van der Waals surface area (Å²) < 4.78 is 12.7. The lowest BCUT2D eigenvalue weighted by Gasteiger charge is -2.36. The fourth-order valence-electron chi connectivity index (χ4n) is 5.27. The molecule has 1 aliphatic carbocycles. The summed E-state index contributed by atoms with van der Waals surface area (Å²) in [6.45, 7) is 1.99. The van der Waals surface area contributed by atoms with Crippen LogP contribution in [0.1, 0.15) is 66.1 Å². The van der Waals surface area contributed by atoms with Gasteiger partial charge in [0.2, 0.25) is 11.8 Å². The van der Waals surface area contributed by atoms with Gasteiger partial charge in [0.1, 0.15) is 12.3 Å². The Morgan fingerprint density at radius 3 is 2.59 bits per heavy atom. The van der Waals surface area contributed by atoms with Gasteiger partial charge in [-0.25, -0.2) is 4.98 Å². The molecular weight excluding hydrogens is 490 g/mol. The highest BCUT2D eigenvalue weighted by atomic mass is 35.5. The van der Waals surface area contributed by atoms with Gasteiger partial charge in [-0.15, -0.1) is 0 Å². The molecule has 4 rings (SSSR count). The second-order valence-corrected chi connectivity index (χ2v) is 11.0. The number of quaternary nitrogens is 1. The quantitative estimate of drug-likeness (QED) is 0.261. The zero-order chi connectivity index (χ0) is 26.5. The number of carbonyl (C=O) groups is 1. The molecule has 1 aromatic heterocycles. The number of nitrogens with two attached hydrogens (primary N) is 1. The highest BCUT2D eigenvalue weighted by molar-refractivity contribution is 6.33. The summed E-state index contributed by atoms with van der Waals surface area (Å²) in [5.41, 5.74) is 5.19. The van der Waals surface area contributed by atoms with Gasteiger partial charge in [-0.2, -0.15) is 0 Å². The van der Waals surface area contributed by atoms with Crippen LogP contribution in [0, 0.1) is 5.92 Å². The molecule has 0 saturated heterocycles. The summed E-state index contributed by atoms with van der Waals surface area (Å²) in [7, 11) is 4.26. The van der Waals surface area contributed by atoms with E-state index in [1.165, 1.54) is 6.42 Å². The first-order chi connectivity index (χ1) is 17.7. The first-order valence-corrected chi connectivity index (χ1v) is 13.3. The summed E-state index contributed by atoms with van der Waals surface area (Å²) in [6.07, 6.45) is 7.91. The van der Waals surface area contributed by atoms with Crippen molar-refractivity contribution in [3.05, 3.63) is 82.5 Å². The Hall–Kier alpha value is -2.87. The normalized spacial score (nSPS) is 16.3. The van der Waals surface area contributed by atoms with Crippen molar-refractivity contribution in [3.63, 3.8) is 0 Å². The standard InChI is InChI=1S/C29H36ClN3O4/c1-33(2,16-9-17-36-23-14-15-25(27(31)34)26(30)18-23)20-24-19-32-28(37-24)29(35,21-10-5-3-6-11-21)22-12-7-4-8-13-22/h3,5-6,10-11,14-15,18-19,22,35H,4,7-9,12-13,16-17,20H2,1-2H3,(H-,31,34)/p+1/t29-/m0/s1. The third kappa shape index (κ3) is 6.53. The van der Waals surface area contributed by atoms with Crippen molar-refractivity contribution < 1.29 is 23.5 Å². The highest BCUT2D eigenvalue weighted by Gasteiger charge is 2.44. The van der Waals surface area contributed by atoms with Crippen LogP contribution >= 0.6 is 11.6 Å². The van der Waals surface area contributed by atoms with Gasteiger partial charge in [0.15, 0.2) is 11.4 Å². The molecule has 0 spiro atoms. The van der Waals surface area contributed by atoms with E-state index in [1.54, 1.807) is 24.4 Å². The average Bonchev–Trinajstić information content (AvgIpc) is 3.35. The van der Waals surface area contributed by atoms with Gasteiger partial charge >= 0.3 is 0 Å². The number of ether oxygens (including phenoxy) is 1. The van der Waals surface area contributed by atoms with Gasteiger partial charge in [0, 0.05) is 12.3 Å². The predicted octanol–water partition coefficient (Wildman–Crippen LogP) is 5.29. The first-order valence-electron chi connectivity index (χ1n) is 13.0. The zero-order valence-corrected chi connectivity index (χ0v) is 22.4. The molecule has 8 heteroatoms. The van der Waals surface area contributed by atoms with Crippen LogP contribution in [0.5, 0.6) is 5.75 Å². The molecule has 0 aliphatic heterocycles. The molecule has 1 amide bonds. The number of benzene rings is 2. The summed E-state index contributed by atoms with van der Waals surface area (Å²) in [4.78, 5) is 15.9. The maximum Gasteiger partial charge on any atom is 0.250 e. The molecule has 0 bridgehead atoms. The fourth-order valence-corrected chi connectivity index (χ4v) is 5.54. The summed E-state index contributed by atoms with van der Waals surface area (Å²) in [5.74, 6) is 1.26. The number of nitrogens with zero attached hydrogens (tertiary/aromatic N) is 2.